The molecule has 2 aromatic carbocycles. The van der Waals surface area contributed by atoms with Gasteiger partial charge in [0.1, 0.15) is 12.6 Å². The highest BCUT2D eigenvalue weighted by Gasteiger charge is 2.23. The highest BCUT2D eigenvalue weighted by Crippen LogP contribution is 2.13. The van der Waals surface area contributed by atoms with E-state index >= 15 is 0 Å². The van der Waals surface area contributed by atoms with Gasteiger partial charge >= 0.3 is 5.97 Å². The van der Waals surface area contributed by atoms with Crippen molar-refractivity contribution in [2.45, 2.75) is 32.5 Å². The molecule has 0 N–H and O–H groups in total. The van der Waals surface area contributed by atoms with Crippen molar-refractivity contribution in [2.24, 2.45) is 0 Å². The lowest BCUT2D eigenvalue weighted by atomic mass is 10.1. The maximum Gasteiger partial charge on any atom is 0.324 e. The molecule has 0 radical (unpaired) electrons. The summed E-state index contributed by atoms with van der Waals surface area (Å²) in [5.41, 5.74) is 3.33. The van der Waals surface area contributed by atoms with Crippen LogP contribution in [0.5, 0.6) is 0 Å². The Labute approximate surface area is 144 Å². The molecule has 0 aliphatic rings. The van der Waals surface area contributed by atoms with Gasteiger partial charge in [0.25, 0.3) is 0 Å². The Morgan fingerprint density at radius 2 is 1.83 bits per heavy atom. The van der Waals surface area contributed by atoms with E-state index < -0.39 is 0 Å². The lowest BCUT2D eigenvalue weighted by Crippen LogP contribution is -2.38. The SMILES string of the molecule is C=CC[C@@H](C(=O)OCc1ccccc1C)N(C)Cc1ccccc1. The minimum Gasteiger partial charge on any atom is -0.460 e. The van der Waals surface area contributed by atoms with Crippen LogP contribution in [0.4, 0.5) is 0 Å². The number of nitrogens with zero attached hydrogens (tertiary/aromatic N) is 1. The summed E-state index contributed by atoms with van der Waals surface area (Å²) in [6, 6.07) is 17.7. The largest absolute Gasteiger partial charge is 0.460 e. The van der Waals surface area contributed by atoms with E-state index in [-0.39, 0.29) is 12.0 Å². The molecular formula is C21H25NO2. The Kier molecular flexibility index (Phi) is 6.76. The number of carbonyl (C=O) groups excluding carboxylic acids is 1. The Hall–Kier alpha value is -2.39. The molecule has 0 aliphatic carbocycles. The van der Waals surface area contributed by atoms with Gasteiger partial charge in [0, 0.05) is 6.54 Å². The van der Waals surface area contributed by atoms with Crippen LogP contribution >= 0.6 is 0 Å². The second-order valence-corrected chi connectivity index (χ2v) is 5.98. The number of carbonyl (C=O) groups is 1. The second kappa shape index (κ2) is 9.04. The molecule has 0 saturated carbocycles. The zero-order valence-electron chi connectivity index (χ0n) is 14.4. The number of hydrogen-bond donors (Lipinski definition) is 0. The smallest absolute Gasteiger partial charge is 0.324 e. The molecule has 1 atom stereocenters. The van der Waals surface area contributed by atoms with Crippen molar-refractivity contribution in [1.29, 1.82) is 0 Å². The summed E-state index contributed by atoms with van der Waals surface area (Å²) in [4.78, 5) is 14.5. The Morgan fingerprint density at radius 3 is 2.50 bits per heavy atom. The average Bonchev–Trinajstić information content (AvgIpc) is 2.59. The quantitative estimate of drug-likeness (QED) is 0.541. The summed E-state index contributed by atoms with van der Waals surface area (Å²) in [6.45, 7) is 6.79. The Bertz CT molecular complexity index is 667. The van der Waals surface area contributed by atoms with Crippen molar-refractivity contribution in [3.05, 3.63) is 83.9 Å². The van der Waals surface area contributed by atoms with Gasteiger partial charge in [-0.25, -0.2) is 0 Å². The van der Waals surface area contributed by atoms with Gasteiger partial charge in [-0.2, -0.15) is 0 Å². The highest BCUT2D eigenvalue weighted by molar-refractivity contribution is 5.76. The van der Waals surface area contributed by atoms with Crippen LogP contribution in [0.3, 0.4) is 0 Å². The first-order valence-electron chi connectivity index (χ1n) is 8.18. The number of aryl methyl sites for hydroxylation is 1. The van der Waals surface area contributed by atoms with Crippen molar-refractivity contribution < 1.29 is 9.53 Å². The minimum absolute atomic E-state index is 0.211. The second-order valence-electron chi connectivity index (χ2n) is 5.98. The molecule has 0 aliphatic heterocycles. The molecule has 0 saturated heterocycles. The molecule has 0 amide bonds. The fraction of sp³-hybridized carbons (Fsp3) is 0.286. The molecule has 0 spiro atoms. The van der Waals surface area contributed by atoms with E-state index in [1.54, 1.807) is 6.08 Å². The molecular weight excluding hydrogens is 298 g/mol. The van der Waals surface area contributed by atoms with Crippen LogP contribution in [0.15, 0.2) is 67.3 Å². The van der Waals surface area contributed by atoms with Crippen molar-refractivity contribution >= 4 is 5.97 Å². The van der Waals surface area contributed by atoms with E-state index in [4.69, 9.17) is 4.74 Å². The molecule has 0 bridgehead atoms. The zero-order valence-corrected chi connectivity index (χ0v) is 14.4. The highest BCUT2D eigenvalue weighted by atomic mass is 16.5. The van der Waals surface area contributed by atoms with Crippen LogP contribution in [0.2, 0.25) is 0 Å². The number of hydrogen-bond acceptors (Lipinski definition) is 3. The molecule has 3 nitrogen and oxygen atoms in total. The lowest BCUT2D eigenvalue weighted by molar-refractivity contribution is -0.151. The van der Waals surface area contributed by atoms with Gasteiger partial charge in [0.2, 0.25) is 0 Å². The first-order chi connectivity index (χ1) is 11.6. The maximum atomic E-state index is 12.5. The van der Waals surface area contributed by atoms with Crippen LogP contribution < -0.4 is 0 Å². The normalized spacial score (nSPS) is 12.0. The van der Waals surface area contributed by atoms with Gasteiger partial charge in [0.15, 0.2) is 0 Å². The predicted molar refractivity (Wildman–Crippen MR) is 97.5 cm³/mol. The topological polar surface area (TPSA) is 29.5 Å². The fourth-order valence-electron chi connectivity index (χ4n) is 2.61. The molecule has 2 aromatic rings. The van der Waals surface area contributed by atoms with Gasteiger partial charge < -0.3 is 4.74 Å². The first kappa shape index (κ1) is 18.0. The van der Waals surface area contributed by atoms with E-state index in [2.05, 4.69) is 18.7 Å². The summed E-state index contributed by atoms with van der Waals surface area (Å²) in [5, 5.41) is 0. The lowest BCUT2D eigenvalue weighted by Gasteiger charge is -2.25. The average molecular weight is 323 g/mol. The number of rotatable bonds is 8. The summed E-state index contributed by atoms with van der Waals surface area (Å²) in [6.07, 6.45) is 2.33. The molecule has 0 unspecified atom stereocenters. The molecule has 0 heterocycles. The van der Waals surface area contributed by atoms with Crippen LogP contribution in [0.1, 0.15) is 23.1 Å². The van der Waals surface area contributed by atoms with Gasteiger partial charge in [-0.05, 0) is 37.1 Å². The third-order valence-electron chi connectivity index (χ3n) is 4.10. The molecule has 3 heteroatoms. The van der Waals surface area contributed by atoms with E-state index in [0.29, 0.717) is 19.6 Å². The van der Waals surface area contributed by atoms with Crippen LogP contribution in [0, 0.1) is 6.92 Å². The number of esters is 1. The maximum absolute atomic E-state index is 12.5. The molecule has 126 valence electrons. The monoisotopic (exact) mass is 323 g/mol. The first-order valence-corrected chi connectivity index (χ1v) is 8.18. The molecule has 0 aromatic heterocycles. The standard InChI is InChI=1S/C21H25NO2/c1-4-10-20(22(3)15-18-12-6-5-7-13-18)21(23)24-16-19-14-9-8-11-17(19)2/h4-9,11-14,20H,1,10,15-16H2,2-3H3/t20-/m0/s1. The fourth-order valence-corrected chi connectivity index (χ4v) is 2.61. The third kappa shape index (κ3) is 5.07. The van der Waals surface area contributed by atoms with Crippen LogP contribution in [-0.2, 0) is 22.7 Å². The van der Waals surface area contributed by atoms with Crippen molar-refractivity contribution in [1.82, 2.24) is 4.90 Å². The van der Waals surface area contributed by atoms with Crippen molar-refractivity contribution in [2.75, 3.05) is 7.05 Å². The van der Waals surface area contributed by atoms with Gasteiger partial charge in [0.05, 0.1) is 0 Å². The van der Waals surface area contributed by atoms with Crippen molar-refractivity contribution in [3.8, 4) is 0 Å². The molecule has 0 fully saturated rings. The Morgan fingerprint density at radius 1 is 1.17 bits per heavy atom. The third-order valence-corrected chi connectivity index (χ3v) is 4.10. The molecule has 2 rings (SSSR count). The zero-order chi connectivity index (χ0) is 17.4. The van der Waals surface area contributed by atoms with Gasteiger partial charge in [-0.15, -0.1) is 6.58 Å². The summed E-state index contributed by atoms with van der Waals surface area (Å²) < 4.78 is 5.55. The van der Waals surface area contributed by atoms with Gasteiger partial charge in [-0.1, -0.05) is 60.7 Å². The van der Waals surface area contributed by atoms with E-state index in [9.17, 15) is 4.79 Å². The summed E-state index contributed by atoms with van der Waals surface area (Å²) >= 11 is 0. The summed E-state index contributed by atoms with van der Waals surface area (Å²) in [7, 11) is 1.94. The van der Waals surface area contributed by atoms with E-state index in [1.165, 1.54) is 5.56 Å². The van der Waals surface area contributed by atoms with Crippen LogP contribution in [0.25, 0.3) is 0 Å². The van der Waals surface area contributed by atoms with Crippen molar-refractivity contribution in [3.63, 3.8) is 0 Å². The van der Waals surface area contributed by atoms with Crippen LogP contribution in [-0.4, -0.2) is 24.0 Å². The van der Waals surface area contributed by atoms with E-state index in [1.807, 2.05) is 61.3 Å². The van der Waals surface area contributed by atoms with E-state index in [0.717, 1.165) is 11.1 Å². The number of likely N-dealkylation sites (N-methyl/N-ethyl adjacent to an activating group) is 1. The minimum atomic E-state index is -0.327. The predicted octanol–water partition coefficient (Wildman–Crippen LogP) is 4.11. The number of ether oxygens (including phenoxy) is 1. The Balaban J connectivity index is 1.99. The number of benzene rings is 2. The summed E-state index contributed by atoms with van der Waals surface area (Å²) in [5.74, 6) is -0.211. The van der Waals surface area contributed by atoms with Gasteiger partial charge in [-0.3, -0.25) is 9.69 Å². The molecule has 24 heavy (non-hydrogen) atoms.